The van der Waals surface area contributed by atoms with Gasteiger partial charge in [0, 0.05) is 49.8 Å². The molecule has 1 saturated carbocycles. The van der Waals surface area contributed by atoms with Crippen LogP contribution in [-0.4, -0.2) is 53.4 Å². The first-order chi connectivity index (χ1) is 15.1. The van der Waals surface area contributed by atoms with Crippen molar-refractivity contribution in [3.05, 3.63) is 82.3 Å². The SMILES string of the molecule is O=C(c1cc(Cc2cccc3[nH]ccc23)ccc1F)N1CC2=C(CN(CC3CC3)C2)C1. The second-order valence-corrected chi connectivity index (χ2v) is 9.33. The third-order valence-corrected chi connectivity index (χ3v) is 6.93. The highest BCUT2D eigenvalue weighted by atomic mass is 19.1. The molecule has 2 aromatic carbocycles. The Morgan fingerprint density at radius 1 is 1.03 bits per heavy atom. The third-order valence-electron chi connectivity index (χ3n) is 6.93. The zero-order valence-corrected chi connectivity index (χ0v) is 17.5. The Morgan fingerprint density at radius 3 is 2.61 bits per heavy atom. The largest absolute Gasteiger partial charge is 0.361 e. The van der Waals surface area contributed by atoms with E-state index < -0.39 is 5.82 Å². The highest BCUT2D eigenvalue weighted by Crippen LogP contribution is 2.33. The summed E-state index contributed by atoms with van der Waals surface area (Å²) in [5.41, 5.74) is 6.13. The van der Waals surface area contributed by atoms with Crippen molar-refractivity contribution in [3.8, 4) is 0 Å². The molecule has 3 heterocycles. The Bertz CT molecular complexity index is 1190. The summed E-state index contributed by atoms with van der Waals surface area (Å²) in [4.78, 5) is 20.7. The Hall–Kier alpha value is -2.92. The molecule has 1 aromatic heterocycles. The smallest absolute Gasteiger partial charge is 0.257 e. The standard InChI is InChI=1S/C26H26FN3O/c27-24-7-6-18(10-19-2-1-3-25-22(19)8-9-28-25)11-23(24)26(31)30-15-20-13-29(12-17-4-5-17)14-21(20)16-30/h1-3,6-9,11,17,28H,4-5,10,12-16H2. The minimum atomic E-state index is -0.434. The molecule has 1 aliphatic carbocycles. The monoisotopic (exact) mass is 415 g/mol. The number of rotatable bonds is 5. The maximum Gasteiger partial charge on any atom is 0.257 e. The molecule has 2 aliphatic heterocycles. The molecule has 0 saturated heterocycles. The Labute approximate surface area is 181 Å². The number of carbonyl (C=O) groups is 1. The predicted molar refractivity (Wildman–Crippen MR) is 120 cm³/mol. The molecule has 0 spiro atoms. The molecule has 1 amide bonds. The molecule has 0 unspecified atom stereocenters. The Balaban J connectivity index is 1.18. The average molecular weight is 416 g/mol. The van der Waals surface area contributed by atoms with Crippen LogP contribution in [0.5, 0.6) is 0 Å². The van der Waals surface area contributed by atoms with Crippen molar-refractivity contribution in [1.29, 1.82) is 0 Å². The van der Waals surface area contributed by atoms with E-state index in [9.17, 15) is 9.18 Å². The first-order valence-corrected chi connectivity index (χ1v) is 11.2. The van der Waals surface area contributed by atoms with Gasteiger partial charge in [0.1, 0.15) is 5.82 Å². The summed E-state index contributed by atoms with van der Waals surface area (Å²) in [6.07, 6.45) is 5.32. The fourth-order valence-electron chi connectivity index (χ4n) is 5.14. The number of benzene rings is 2. The first kappa shape index (κ1) is 18.8. The van der Waals surface area contributed by atoms with Crippen molar-refractivity contribution in [1.82, 2.24) is 14.8 Å². The molecule has 158 valence electrons. The van der Waals surface area contributed by atoms with Crippen LogP contribution in [0.1, 0.15) is 34.3 Å². The van der Waals surface area contributed by atoms with Gasteiger partial charge in [0.15, 0.2) is 0 Å². The van der Waals surface area contributed by atoms with Gasteiger partial charge < -0.3 is 9.88 Å². The Kier molecular flexibility index (Phi) is 4.46. The summed E-state index contributed by atoms with van der Waals surface area (Å²) in [6, 6.07) is 13.2. The van der Waals surface area contributed by atoms with Crippen LogP contribution in [0.2, 0.25) is 0 Å². The molecule has 1 N–H and O–H groups in total. The molecule has 0 bridgehead atoms. The van der Waals surface area contributed by atoms with Gasteiger partial charge in [0.25, 0.3) is 5.91 Å². The van der Waals surface area contributed by atoms with E-state index in [2.05, 4.69) is 22.0 Å². The normalized spacial score (nSPS) is 18.9. The molecule has 6 rings (SSSR count). The fourth-order valence-corrected chi connectivity index (χ4v) is 5.14. The quantitative estimate of drug-likeness (QED) is 0.629. The van der Waals surface area contributed by atoms with Crippen LogP contribution in [0.3, 0.4) is 0 Å². The highest BCUT2D eigenvalue weighted by Gasteiger charge is 2.35. The number of fused-ring (bicyclic) bond motifs is 1. The number of hydrogen-bond acceptors (Lipinski definition) is 2. The molecule has 31 heavy (non-hydrogen) atoms. The number of H-pyrrole nitrogens is 1. The number of nitrogens with zero attached hydrogens (tertiary/aromatic N) is 2. The number of aromatic nitrogens is 1. The zero-order valence-electron chi connectivity index (χ0n) is 17.5. The van der Waals surface area contributed by atoms with E-state index in [-0.39, 0.29) is 11.5 Å². The average Bonchev–Trinajstić information content (AvgIpc) is 3.12. The minimum absolute atomic E-state index is 0.190. The molecule has 1 fully saturated rings. The predicted octanol–water partition coefficient (Wildman–Crippen LogP) is 4.38. The zero-order chi connectivity index (χ0) is 20.9. The summed E-state index contributed by atoms with van der Waals surface area (Å²) < 4.78 is 14.6. The fraction of sp³-hybridized carbons (Fsp3) is 0.346. The van der Waals surface area contributed by atoms with Crippen molar-refractivity contribution in [2.75, 3.05) is 32.7 Å². The maximum atomic E-state index is 14.6. The lowest BCUT2D eigenvalue weighted by atomic mass is 9.99. The number of carbonyl (C=O) groups excluding carboxylic acids is 1. The molecule has 3 aliphatic rings. The highest BCUT2D eigenvalue weighted by molar-refractivity contribution is 5.95. The van der Waals surface area contributed by atoms with Crippen molar-refractivity contribution in [3.63, 3.8) is 0 Å². The van der Waals surface area contributed by atoms with E-state index in [1.165, 1.54) is 42.2 Å². The van der Waals surface area contributed by atoms with Crippen LogP contribution in [0.15, 0.2) is 59.8 Å². The topological polar surface area (TPSA) is 39.3 Å². The lowest BCUT2D eigenvalue weighted by Crippen LogP contribution is -2.35. The van der Waals surface area contributed by atoms with Crippen molar-refractivity contribution >= 4 is 16.8 Å². The van der Waals surface area contributed by atoms with Crippen molar-refractivity contribution in [2.24, 2.45) is 5.92 Å². The number of amides is 1. The molecule has 0 radical (unpaired) electrons. The summed E-state index contributed by atoms with van der Waals surface area (Å²) in [6.45, 7) is 4.41. The van der Waals surface area contributed by atoms with Gasteiger partial charge in [-0.15, -0.1) is 0 Å². The van der Waals surface area contributed by atoms with Gasteiger partial charge in [0.05, 0.1) is 5.56 Å². The van der Waals surface area contributed by atoms with Crippen LogP contribution in [-0.2, 0) is 6.42 Å². The Morgan fingerprint density at radius 2 is 1.84 bits per heavy atom. The van der Waals surface area contributed by atoms with E-state index in [0.29, 0.717) is 19.5 Å². The number of nitrogens with one attached hydrogen (secondary N) is 1. The van der Waals surface area contributed by atoms with Gasteiger partial charge in [-0.1, -0.05) is 18.2 Å². The maximum absolute atomic E-state index is 14.6. The molecule has 4 nitrogen and oxygen atoms in total. The van der Waals surface area contributed by atoms with Crippen LogP contribution >= 0.6 is 0 Å². The van der Waals surface area contributed by atoms with E-state index in [1.807, 2.05) is 23.2 Å². The summed E-state index contributed by atoms with van der Waals surface area (Å²) >= 11 is 0. The van der Waals surface area contributed by atoms with Gasteiger partial charge >= 0.3 is 0 Å². The van der Waals surface area contributed by atoms with E-state index >= 15 is 0 Å². The second-order valence-electron chi connectivity index (χ2n) is 9.33. The van der Waals surface area contributed by atoms with Crippen LogP contribution in [0, 0.1) is 11.7 Å². The lowest BCUT2D eigenvalue weighted by molar-refractivity contribution is 0.0785. The summed E-state index contributed by atoms with van der Waals surface area (Å²) in [5.74, 6) is 0.255. The molecular weight excluding hydrogens is 389 g/mol. The molecule has 3 aromatic rings. The van der Waals surface area contributed by atoms with Gasteiger partial charge in [0.2, 0.25) is 0 Å². The number of halogens is 1. The van der Waals surface area contributed by atoms with Gasteiger partial charge in [-0.05, 0) is 71.7 Å². The summed E-state index contributed by atoms with van der Waals surface area (Å²) in [5, 5.41) is 1.16. The van der Waals surface area contributed by atoms with Gasteiger partial charge in [-0.3, -0.25) is 9.69 Å². The van der Waals surface area contributed by atoms with Gasteiger partial charge in [-0.2, -0.15) is 0 Å². The molecular formula is C26H26FN3O. The van der Waals surface area contributed by atoms with Crippen molar-refractivity contribution < 1.29 is 9.18 Å². The van der Waals surface area contributed by atoms with Gasteiger partial charge in [-0.25, -0.2) is 4.39 Å². The number of hydrogen-bond donors (Lipinski definition) is 1. The second kappa shape index (κ2) is 7.34. The first-order valence-electron chi connectivity index (χ1n) is 11.2. The van der Waals surface area contributed by atoms with E-state index in [0.717, 1.165) is 35.5 Å². The van der Waals surface area contributed by atoms with Crippen molar-refractivity contribution in [2.45, 2.75) is 19.3 Å². The molecule has 0 atom stereocenters. The van der Waals surface area contributed by atoms with E-state index in [1.54, 1.807) is 12.1 Å². The lowest BCUT2D eigenvalue weighted by Gasteiger charge is -2.23. The third kappa shape index (κ3) is 3.57. The minimum Gasteiger partial charge on any atom is -0.361 e. The van der Waals surface area contributed by atoms with E-state index in [4.69, 9.17) is 0 Å². The number of aromatic amines is 1. The summed E-state index contributed by atoms with van der Waals surface area (Å²) in [7, 11) is 0. The molecule has 5 heteroatoms. The van der Waals surface area contributed by atoms with Crippen LogP contribution in [0.25, 0.3) is 10.9 Å². The van der Waals surface area contributed by atoms with Crippen LogP contribution in [0.4, 0.5) is 4.39 Å². The van der Waals surface area contributed by atoms with Crippen LogP contribution < -0.4 is 0 Å².